The number of carbonyl (C=O) groups is 6. The van der Waals surface area contributed by atoms with Crippen molar-refractivity contribution in [3.05, 3.63) is 0 Å². The van der Waals surface area contributed by atoms with E-state index >= 15 is 0 Å². The lowest BCUT2D eigenvalue weighted by Crippen LogP contribution is -2.60. The molecule has 14 nitrogen and oxygen atoms in total. The lowest BCUT2D eigenvalue weighted by Gasteiger charge is -2.26. The average molecular weight is 459 g/mol. The van der Waals surface area contributed by atoms with Gasteiger partial charge in [0, 0.05) is 6.42 Å². The molecule has 32 heavy (non-hydrogen) atoms. The summed E-state index contributed by atoms with van der Waals surface area (Å²) in [5.41, 5.74) is 4.95. The monoisotopic (exact) mass is 459 g/mol. The van der Waals surface area contributed by atoms with Crippen molar-refractivity contribution < 1.29 is 44.1 Å². The first kappa shape index (κ1) is 26.8. The Bertz CT molecular complexity index is 736. The minimum absolute atomic E-state index is 0.285. The van der Waals surface area contributed by atoms with Gasteiger partial charge in [-0.3, -0.25) is 24.0 Å². The van der Waals surface area contributed by atoms with Gasteiger partial charge in [0.25, 0.3) is 0 Å². The molecule has 180 valence electrons. The molecule has 1 saturated heterocycles. The lowest BCUT2D eigenvalue weighted by atomic mass is 10.1. The van der Waals surface area contributed by atoms with Gasteiger partial charge in [-0.25, -0.2) is 4.79 Å². The van der Waals surface area contributed by atoms with E-state index in [-0.39, 0.29) is 6.42 Å². The van der Waals surface area contributed by atoms with E-state index in [1.165, 1.54) is 0 Å². The standard InChI is InChI=1S/C18H29N5O9/c1-8(24)14(17(30)22-11(18(31)32)7-12(19)25)23-16(29)10(4-5-13(26)27)21-15(28)9-3-2-6-20-9/h8-11,14,20,24H,2-7H2,1H3,(H2,19,25)(H,21,28)(H,22,30)(H,23,29)(H,26,27)(H,31,32). The first-order valence-electron chi connectivity index (χ1n) is 9.97. The third-order valence-electron chi connectivity index (χ3n) is 4.74. The van der Waals surface area contributed by atoms with E-state index in [1.807, 2.05) is 5.32 Å². The smallest absolute Gasteiger partial charge is 0.326 e. The summed E-state index contributed by atoms with van der Waals surface area (Å²) < 4.78 is 0. The average Bonchev–Trinajstić information content (AvgIpc) is 3.22. The van der Waals surface area contributed by atoms with E-state index in [0.717, 1.165) is 13.3 Å². The molecule has 0 spiro atoms. The summed E-state index contributed by atoms with van der Waals surface area (Å²) in [4.78, 5) is 70.6. The van der Waals surface area contributed by atoms with Crippen LogP contribution in [0.4, 0.5) is 0 Å². The van der Waals surface area contributed by atoms with Crippen LogP contribution in [0, 0.1) is 0 Å². The maximum Gasteiger partial charge on any atom is 0.326 e. The van der Waals surface area contributed by atoms with Gasteiger partial charge in [0.15, 0.2) is 0 Å². The minimum Gasteiger partial charge on any atom is -0.481 e. The number of nitrogens with two attached hydrogens (primary N) is 1. The molecule has 1 aliphatic rings. The van der Waals surface area contributed by atoms with Gasteiger partial charge in [0.1, 0.15) is 18.1 Å². The van der Waals surface area contributed by atoms with Crippen LogP contribution in [0.3, 0.4) is 0 Å². The number of aliphatic hydroxyl groups excluding tert-OH is 1. The number of carboxylic acids is 2. The SMILES string of the molecule is CC(O)C(NC(=O)C(CCC(=O)O)NC(=O)C1CCCN1)C(=O)NC(CC(N)=O)C(=O)O. The van der Waals surface area contributed by atoms with E-state index in [9.17, 15) is 33.9 Å². The number of rotatable bonds is 13. The van der Waals surface area contributed by atoms with Crippen molar-refractivity contribution in [3.8, 4) is 0 Å². The molecular formula is C18H29N5O9. The normalized spacial score (nSPS) is 19.1. The molecule has 0 radical (unpaired) electrons. The maximum atomic E-state index is 12.7. The first-order valence-corrected chi connectivity index (χ1v) is 9.97. The third-order valence-corrected chi connectivity index (χ3v) is 4.74. The van der Waals surface area contributed by atoms with Crippen LogP contribution in [0.2, 0.25) is 0 Å². The summed E-state index contributed by atoms with van der Waals surface area (Å²) in [5.74, 6) is -6.32. The number of hydrogen-bond acceptors (Lipinski definition) is 8. The van der Waals surface area contributed by atoms with Gasteiger partial charge in [0.05, 0.1) is 18.6 Å². The van der Waals surface area contributed by atoms with Gasteiger partial charge in [0.2, 0.25) is 23.6 Å². The van der Waals surface area contributed by atoms with Crippen LogP contribution in [0.15, 0.2) is 0 Å². The number of nitrogens with one attached hydrogen (secondary N) is 4. The van der Waals surface area contributed by atoms with Crippen molar-refractivity contribution in [2.75, 3.05) is 6.54 Å². The number of hydrogen-bond donors (Lipinski definition) is 8. The van der Waals surface area contributed by atoms with Crippen LogP contribution in [0.5, 0.6) is 0 Å². The van der Waals surface area contributed by atoms with Crippen molar-refractivity contribution in [1.29, 1.82) is 0 Å². The molecule has 0 saturated carbocycles. The van der Waals surface area contributed by atoms with Crippen molar-refractivity contribution in [2.24, 2.45) is 5.73 Å². The van der Waals surface area contributed by atoms with Crippen molar-refractivity contribution >= 4 is 35.6 Å². The maximum absolute atomic E-state index is 12.7. The second kappa shape index (κ2) is 12.6. The Kier molecular flexibility index (Phi) is 10.5. The number of primary amides is 1. The van der Waals surface area contributed by atoms with Crippen molar-refractivity contribution in [3.63, 3.8) is 0 Å². The molecule has 1 aliphatic heterocycles. The van der Waals surface area contributed by atoms with Crippen molar-refractivity contribution in [1.82, 2.24) is 21.3 Å². The van der Waals surface area contributed by atoms with Gasteiger partial charge in [-0.15, -0.1) is 0 Å². The van der Waals surface area contributed by atoms with E-state index in [2.05, 4.69) is 16.0 Å². The highest BCUT2D eigenvalue weighted by atomic mass is 16.4. The number of aliphatic carboxylic acids is 2. The Morgan fingerprint density at radius 1 is 1.03 bits per heavy atom. The quantitative estimate of drug-likeness (QED) is 0.135. The topological polar surface area (TPSA) is 237 Å². The summed E-state index contributed by atoms with van der Waals surface area (Å²) in [6, 6.07) is -5.20. The molecule has 0 bridgehead atoms. The molecule has 9 N–H and O–H groups in total. The van der Waals surface area contributed by atoms with Gasteiger partial charge >= 0.3 is 11.9 Å². The highest BCUT2D eigenvalue weighted by Crippen LogP contribution is 2.07. The van der Waals surface area contributed by atoms with Crippen molar-refractivity contribution in [2.45, 2.75) is 69.3 Å². The molecular weight excluding hydrogens is 430 g/mol. The Morgan fingerprint density at radius 3 is 2.16 bits per heavy atom. The van der Waals surface area contributed by atoms with E-state index < -0.39 is 78.7 Å². The van der Waals surface area contributed by atoms with Gasteiger partial charge in [-0.1, -0.05) is 0 Å². The van der Waals surface area contributed by atoms with Gasteiger partial charge < -0.3 is 42.3 Å². The highest BCUT2D eigenvalue weighted by Gasteiger charge is 2.34. The van der Waals surface area contributed by atoms with Crippen LogP contribution in [0.1, 0.15) is 39.0 Å². The number of amides is 4. The van der Waals surface area contributed by atoms with E-state index in [1.54, 1.807) is 0 Å². The second-order valence-corrected chi connectivity index (χ2v) is 7.44. The Labute approximate surface area is 183 Å². The zero-order valence-corrected chi connectivity index (χ0v) is 17.5. The number of aliphatic hydroxyl groups is 1. The molecule has 1 heterocycles. The fraction of sp³-hybridized carbons (Fsp3) is 0.667. The highest BCUT2D eigenvalue weighted by molar-refractivity contribution is 5.95. The number of carbonyl (C=O) groups excluding carboxylic acids is 4. The van der Waals surface area contributed by atoms with E-state index in [4.69, 9.17) is 15.9 Å². The lowest BCUT2D eigenvalue weighted by molar-refractivity contribution is -0.144. The molecule has 14 heteroatoms. The summed E-state index contributed by atoms with van der Waals surface area (Å²) in [7, 11) is 0. The van der Waals surface area contributed by atoms with Crippen LogP contribution >= 0.6 is 0 Å². The fourth-order valence-corrected chi connectivity index (χ4v) is 3.04. The third kappa shape index (κ3) is 8.85. The van der Waals surface area contributed by atoms with E-state index in [0.29, 0.717) is 13.0 Å². The summed E-state index contributed by atoms with van der Waals surface area (Å²) in [6.07, 6.45) is -1.66. The zero-order chi connectivity index (χ0) is 24.4. The predicted octanol–water partition coefficient (Wildman–Crippen LogP) is -3.60. The molecule has 0 aromatic heterocycles. The van der Waals surface area contributed by atoms with Crippen LogP contribution < -0.4 is 27.0 Å². The molecule has 1 rings (SSSR count). The molecule has 0 aromatic carbocycles. The minimum atomic E-state index is -1.69. The predicted molar refractivity (Wildman–Crippen MR) is 107 cm³/mol. The molecule has 5 atom stereocenters. The first-order chi connectivity index (χ1) is 14.9. The Hall–Kier alpha value is -3.26. The fourth-order valence-electron chi connectivity index (χ4n) is 3.04. The number of carboxylic acid groups (broad SMARTS) is 2. The zero-order valence-electron chi connectivity index (χ0n) is 17.5. The second-order valence-electron chi connectivity index (χ2n) is 7.44. The Balaban J connectivity index is 2.91. The summed E-state index contributed by atoms with van der Waals surface area (Å²) in [5, 5.41) is 37.5. The molecule has 1 fully saturated rings. The molecule has 0 aliphatic carbocycles. The summed E-state index contributed by atoms with van der Waals surface area (Å²) in [6.45, 7) is 1.77. The largest absolute Gasteiger partial charge is 0.481 e. The molecule has 0 aromatic rings. The molecule has 5 unspecified atom stereocenters. The van der Waals surface area contributed by atoms with Crippen LogP contribution in [-0.4, -0.2) is 87.7 Å². The Morgan fingerprint density at radius 2 is 1.69 bits per heavy atom. The van der Waals surface area contributed by atoms with Crippen LogP contribution in [-0.2, 0) is 28.8 Å². The van der Waals surface area contributed by atoms with Gasteiger partial charge in [-0.05, 0) is 32.7 Å². The van der Waals surface area contributed by atoms with Gasteiger partial charge in [-0.2, -0.15) is 0 Å². The molecule has 4 amide bonds. The summed E-state index contributed by atoms with van der Waals surface area (Å²) >= 11 is 0. The van der Waals surface area contributed by atoms with Crippen LogP contribution in [0.25, 0.3) is 0 Å².